The molecule has 2 rings (SSSR count). The monoisotopic (exact) mass is 1080 g/mol. The van der Waals surface area contributed by atoms with Crippen LogP contribution in [-0.2, 0) is 43.2 Å². The van der Waals surface area contributed by atoms with Gasteiger partial charge in [-0.3, -0.25) is 33.6 Å². The number of unbranched alkanes of at least 4 members (excludes halogenated alkanes) is 16. The molecule has 392 valence electrons. The Balaban J connectivity index is 0.00000456. The molecular formula is C45H77N3O14S6. The first-order valence-corrected chi connectivity index (χ1v) is 30.7. The standard InChI is InChI=1S/C43H73N3O14.C2H2S6.H2/c1-31(40(53)54)20-18-19-29-44-36(48)27-24-34(42(57)58)46-38(50)28-25-35(43(59)60)45-37(49)26-23-32(41(55)56)30-33(47)21-16-14-12-10-8-6-4-2-3-5-7-9-11-13-15-17-22-39(51)52;1-3-5-2(6-4-1)7-8-2;/h31-32,34-35H,2-30H2,1H3,(H,44,48)(H,45,49)(H,46,50)(H,51,52)(H,53,54)(H,55,56)(H,57,58)(H,59,60);1H2;1H/t31-,32+,34-,35-;;/m0../s1. The van der Waals surface area contributed by atoms with E-state index in [0.717, 1.165) is 44.9 Å². The van der Waals surface area contributed by atoms with Gasteiger partial charge in [0.25, 0.3) is 0 Å². The Labute approximate surface area is 426 Å². The number of carboxylic acids is 5. The number of carboxylic acid groups (broad SMARTS) is 5. The summed E-state index contributed by atoms with van der Waals surface area (Å²) in [5.74, 6) is -9.57. The summed E-state index contributed by atoms with van der Waals surface area (Å²) in [6.45, 7) is 1.86. The van der Waals surface area contributed by atoms with E-state index in [9.17, 15) is 58.5 Å². The number of nitrogens with one attached hydrogen (secondary N) is 3. The summed E-state index contributed by atoms with van der Waals surface area (Å²) in [5.41, 5.74) is 0. The second kappa shape index (κ2) is 39.2. The number of rotatable bonds is 41. The van der Waals surface area contributed by atoms with Gasteiger partial charge in [-0.25, -0.2) is 9.59 Å². The van der Waals surface area contributed by atoms with Gasteiger partial charge in [0.05, 0.1) is 16.9 Å². The van der Waals surface area contributed by atoms with Gasteiger partial charge in [-0.2, -0.15) is 0 Å². The number of carbonyl (C=O) groups excluding carboxylic acids is 4. The van der Waals surface area contributed by atoms with Gasteiger partial charge in [-0.1, -0.05) is 146 Å². The molecule has 0 radical (unpaired) electrons. The molecule has 0 unspecified atom stereocenters. The van der Waals surface area contributed by atoms with Crippen LogP contribution < -0.4 is 16.0 Å². The fourth-order valence-corrected chi connectivity index (χ4v) is 20.0. The summed E-state index contributed by atoms with van der Waals surface area (Å²) in [6.07, 6.45) is 17.3. The largest absolute Gasteiger partial charge is 0.481 e. The number of hydrogen-bond acceptors (Lipinski definition) is 15. The molecule has 1 spiro atoms. The van der Waals surface area contributed by atoms with Crippen molar-refractivity contribution in [1.82, 2.24) is 16.0 Å². The number of hydrogen-bond donors (Lipinski definition) is 8. The van der Waals surface area contributed by atoms with E-state index in [2.05, 4.69) is 16.0 Å². The van der Waals surface area contributed by atoms with Crippen LogP contribution in [0.3, 0.4) is 0 Å². The fraction of sp³-hybridized carbons (Fsp3) is 0.800. The third kappa shape index (κ3) is 34.8. The first kappa shape index (κ1) is 63.5. The number of carbonyl (C=O) groups is 9. The molecule has 0 bridgehead atoms. The lowest BCUT2D eigenvalue weighted by atomic mass is 9.94. The van der Waals surface area contributed by atoms with Gasteiger partial charge in [0, 0.05) is 46.5 Å². The van der Waals surface area contributed by atoms with Crippen molar-refractivity contribution in [3.8, 4) is 0 Å². The molecule has 17 nitrogen and oxygen atoms in total. The molecule has 68 heavy (non-hydrogen) atoms. The topological polar surface area (TPSA) is 291 Å². The molecule has 2 fully saturated rings. The lowest BCUT2D eigenvalue weighted by molar-refractivity contribution is -0.145. The maximum absolute atomic E-state index is 12.6. The average molecular weight is 1080 g/mol. The smallest absolute Gasteiger partial charge is 0.326 e. The predicted molar refractivity (Wildman–Crippen MR) is 277 cm³/mol. The summed E-state index contributed by atoms with van der Waals surface area (Å²) in [4.78, 5) is 106. The molecule has 0 saturated carbocycles. The van der Waals surface area contributed by atoms with Crippen LogP contribution in [0.1, 0.15) is 188 Å². The van der Waals surface area contributed by atoms with E-state index in [1.807, 2.05) is 64.8 Å². The molecule has 0 aromatic carbocycles. The van der Waals surface area contributed by atoms with Crippen LogP contribution in [0.25, 0.3) is 0 Å². The first-order chi connectivity index (χ1) is 32.4. The van der Waals surface area contributed by atoms with Gasteiger partial charge < -0.3 is 41.5 Å². The SMILES string of the molecule is C1SSC2(SS1)SS2.C[C@@H](CCCCNC(=O)CC[C@H](NC(=O)CC[C@H](NC(=O)CC[C@H](CC(=O)CCCCCCCCCCCCCCCCCCC(=O)O)C(=O)O)C(=O)O)C(=O)O)C(=O)O.[HH]. The normalized spacial score (nSPS) is 15.4. The van der Waals surface area contributed by atoms with E-state index in [-0.39, 0.29) is 65.1 Å². The Morgan fingerprint density at radius 3 is 1.29 bits per heavy atom. The van der Waals surface area contributed by atoms with Crippen molar-refractivity contribution in [2.24, 2.45) is 11.8 Å². The molecule has 8 N–H and O–H groups in total. The van der Waals surface area contributed by atoms with Gasteiger partial charge in [-0.15, -0.1) is 0 Å². The summed E-state index contributed by atoms with van der Waals surface area (Å²) < 4.78 is 0.521. The Morgan fingerprint density at radius 1 is 0.471 bits per heavy atom. The van der Waals surface area contributed by atoms with Crippen LogP contribution in [0.15, 0.2) is 0 Å². The zero-order valence-corrected chi connectivity index (χ0v) is 44.3. The fourth-order valence-electron chi connectivity index (χ4n) is 7.00. The summed E-state index contributed by atoms with van der Waals surface area (Å²) >= 11 is 0. The van der Waals surface area contributed by atoms with E-state index in [0.29, 0.717) is 28.4 Å². The predicted octanol–water partition coefficient (Wildman–Crippen LogP) is 10.2. The number of aliphatic carboxylic acids is 5. The summed E-state index contributed by atoms with van der Waals surface area (Å²) in [7, 11) is 12.0. The lowest BCUT2D eigenvalue weighted by Crippen LogP contribution is -2.44. The quantitative estimate of drug-likeness (QED) is 0.0160. The van der Waals surface area contributed by atoms with Crippen LogP contribution in [-0.4, -0.2) is 105 Å². The first-order valence-electron chi connectivity index (χ1n) is 23.9. The lowest BCUT2D eigenvalue weighted by Gasteiger charge is -2.17. The van der Waals surface area contributed by atoms with Gasteiger partial charge in [0.1, 0.15) is 17.9 Å². The van der Waals surface area contributed by atoms with Crippen molar-refractivity contribution in [1.29, 1.82) is 0 Å². The number of Topliss-reactive ketones (excluding diaryl/α,β-unsaturated/α-hetero) is 1. The van der Waals surface area contributed by atoms with Gasteiger partial charge >= 0.3 is 29.8 Å². The summed E-state index contributed by atoms with van der Waals surface area (Å²) in [5, 5.41) is 54.6. The highest BCUT2D eigenvalue weighted by molar-refractivity contribution is 9.14. The molecule has 3 amide bonds. The van der Waals surface area contributed by atoms with E-state index < -0.39 is 77.9 Å². The molecule has 0 aliphatic carbocycles. The van der Waals surface area contributed by atoms with Crippen molar-refractivity contribution >= 4 is 118 Å². The number of ketones is 1. The van der Waals surface area contributed by atoms with Gasteiger partial charge in [-0.05, 0) is 66.5 Å². The van der Waals surface area contributed by atoms with Crippen LogP contribution in [0.5, 0.6) is 0 Å². The number of amides is 3. The van der Waals surface area contributed by atoms with Crippen LogP contribution in [0.2, 0.25) is 0 Å². The Hall–Kier alpha value is -2.47. The third-order valence-electron chi connectivity index (χ3n) is 11.2. The molecular weight excluding hydrogens is 999 g/mol. The second-order valence-electron chi connectivity index (χ2n) is 17.1. The molecule has 4 atom stereocenters. The molecule has 2 saturated heterocycles. The van der Waals surface area contributed by atoms with E-state index in [1.54, 1.807) is 6.92 Å². The minimum absolute atomic E-state index is 0. The van der Waals surface area contributed by atoms with Crippen LogP contribution >= 0.6 is 64.8 Å². The molecule has 2 aliphatic heterocycles. The van der Waals surface area contributed by atoms with Crippen molar-refractivity contribution in [3.63, 3.8) is 0 Å². The Bertz CT molecular complexity index is 1560. The van der Waals surface area contributed by atoms with Crippen LogP contribution in [0.4, 0.5) is 0 Å². The van der Waals surface area contributed by atoms with Crippen molar-refractivity contribution in [2.75, 3.05) is 11.6 Å². The molecule has 23 heteroatoms. The Kier molecular flexibility index (Phi) is 36.6. The second-order valence-corrected chi connectivity index (χ2v) is 26.6. The zero-order chi connectivity index (χ0) is 50.6. The molecule has 0 aromatic heterocycles. The van der Waals surface area contributed by atoms with Crippen molar-refractivity contribution in [3.05, 3.63) is 0 Å². The summed E-state index contributed by atoms with van der Waals surface area (Å²) in [6, 6.07) is -2.95. The van der Waals surface area contributed by atoms with Crippen molar-refractivity contribution in [2.45, 2.75) is 202 Å². The maximum atomic E-state index is 12.6. The third-order valence-corrected chi connectivity index (χ3v) is 24.1. The average Bonchev–Trinajstić information content (AvgIpc) is 4.04. The minimum atomic E-state index is -1.52. The highest BCUT2D eigenvalue weighted by atomic mass is 33.2. The van der Waals surface area contributed by atoms with Crippen LogP contribution in [0, 0.1) is 11.8 Å². The Morgan fingerprint density at radius 2 is 0.897 bits per heavy atom. The molecule has 2 aliphatic rings. The van der Waals surface area contributed by atoms with Crippen molar-refractivity contribution < 1.29 is 70.1 Å². The molecule has 2 heterocycles. The minimum Gasteiger partial charge on any atom is -0.481 e. The highest BCUT2D eigenvalue weighted by Gasteiger charge is 2.50. The van der Waals surface area contributed by atoms with E-state index >= 15 is 0 Å². The highest BCUT2D eigenvalue weighted by Crippen LogP contribution is 2.83. The zero-order valence-electron chi connectivity index (χ0n) is 39.4. The molecule has 0 aromatic rings. The maximum Gasteiger partial charge on any atom is 0.326 e. The van der Waals surface area contributed by atoms with E-state index in [4.69, 9.17) is 10.2 Å². The van der Waals surface area contributed by atoms with Gasteiger partial charge in [0.15, 0.2) is 2.74 Å². The van der Waals surface area contributed by atoms with Gasteiger partial charge in [0.2, 0.25) is 17.7 Å². The van der Waals surface area contributed by atoms with E-state index in [1.165, 1.54) is 56.5 Å².